The number of para-hydroxylation sites is 1. The Labute approximate surface area is 116 Å². The number of hydrogen-bond donors (Lipinski definition) is 0. The highest BCUT2D eigenvalue weighted by Crippen LogP contribution is 2.19. The molecule has 0 amide bonds. The second kappa shape index (κ2) is 6.28. The Kier molecular flexibility index (Phi) is 4.45. The summed E-state index contributed by atoms with van der Waals surface area (Å²) in [5.74, 6) is -0.703. The Hall–Kier alpha value is -2.23. The quantitative estimate of drug-likeness (QED) is 0.837. The molecular weight excluding hydrogens is 262 g/mol. The van der Waals surface area contributed by atoms with E-state index in [4.69, 9.17) is 4.74 Å². The third-order valence-corrected chi connectivity index (χ3v) is 2.98. The van der Waals surface area contributed by atoms with Gasteiger partial charge in [-0.15, -0.1) is 0 Å². The monoisotopic (exact) mass is 276 g/mol. The van der Waals surface area contributed by atoms with Crippen molar-refractivity contribution in [3.8, 4) is 5.75 Å². The molecule has 20 heavy (non-hydrogen) atoms. The first-order chi connectivity index (χ1) is 9.60. The summed E-state index contributed by atoms with van der Waals surface area (Å²) < 4.78 is 31.7. The standard InChI is InChI=1S/C16H14F2O2/c1-20-16-5-3-2-4-11(16)9-14(19)10-12-8-13(17)6-7-15(12)18/h2-8H,9-10H2,1H3. The summed E-state index contributed by atoms with van der Waals surface area (Å²) in [6, 6.07) is 10.2. The highest BCUT2D eigenvalue weighted by molar-refractivity contribution is 5.83. The smallest absolute Gasteiger partial charge is 0.141 e. The van der Waals surface area contributed by atoms with Gasteiger partial charge in [0.1, 0.15) is 23.2 Å². The average Bonchev–Trinajstić information content (AvgIpc) is 2.43. The number of rotatable bonds is 5. The molecule has 0 bridgehead atoms. The Morgan fingerprint density at radius 2 is 1.75 bits per heavy atom. The minimum atomic E-state index is -0.570. The lowest BCUT2D eigenvalue weighted by Gasteiger charge is -2.08. The van der Waals surface area contributed by atoms with Gasteiger partial charge in [0.25, 0.3) is 0 Å². The van der Waals surface area contributed by atoms with Gasteiger partial charge in [-0.25, -0.2) is 8.78 Å². The van der Waals surface area contributed by atoms with Gasteiger partial charge in [-0.1, -0.05) is 18.2 Å². The molecule has 0 spiro atoms. The lowest BCUT2D eigenvalue weighted by molar-refractivity contribution is -0.117. The number of methoxy groups -OCH3 is 1. The molecule has 4 heteroatoms. The van der Waals surface area contributed by atoms with Crippen molar-refractivity contribution in [1.82, 2.24) is 0 Å². The second-order valence-corrected chi connectivity index (χ2v) is 4.44. The van der Waals surface area contributed by atoms with Crippen molar-refractivity contribution in [3.63, 3.8) is 0 Å². The van der Waals surface area contributed by atoms with Crippen LogP contribution in [-0.4, -0.2) is 12.9 Å². The van der Waals surface area contributed by atoms with Gasteiger partial charge in [0.2, 0.25) is 0 Å². The molecule has 104 valence electrons. The molecule has 0 radical (unpaired) electrons. The molecule has 0 aliphatic carbocycles. The molecule has 2 nitrogen and oxygen atoms in total. The van der Waals surface area contributed by atoms with Gasteiger partial charge in [0.15, 0.2) is 0 Å². The molecule has 2 aromatic carbocycles. The Balaban J connectivity index is 2.11. The van der Waals surface area contributed by atoms with E-state index in [1.54, 1.807) is 24.3 Å². The molecule has 0 fully saturated rings. The number of ketones is 1. The molecule has 0 aliphatic rings. The van der Waals surface area contributed by atoms with Crippen LogP contribution in [0.5, 0.6) is 5.75 Å². The van der Waals surface area contributed by atoms with Crippen molar-refractivity contribution in [3.05, 3.63) is 65.2 Å². The molecule has 0 N–H and O–H groups in total. The summed E-state index contributed by atoms with van der Waals surface area (Å²) in [5.41, 5.74) is 0.807. The van der Waals surface area contributed by atoms with Gasteiger partial charge in [-0.2, -0.15) is 0 Å². The van der Waals surface area contributed by atoms with E-state index in [0.717, 1.165) is 23.8 Å². The molecule has 0 aromatic heterocycles. The van der Waals surface area contributed by atoms with Gasteiger partial charge in [0, 0.05) is 18.4 Å². The first kappa shape index (κ1) is 14.2. The Morgan fingerprint density at radius 3 is 2.50 bits per heavy atom. The van der Waals surface area contributed by atoms with E-state index in [9.17, 15) is 13.6 Å². The average molecular weight is 276 g/mol. The zero-order valence-electron chi connectivity index (χ0n) is 11.0. The van der Waals surface area contributed by atoms with E-state index in [0.29, 0.717) is 5.75 Å². The van der Waals surface area contributed by atoms with Crippen LogP contribution in [0.15, 0.2) is 42.5 Å². The van der Waals surface area contributed by atoms with Crippen LogP contribution in [0, 0.1) is 11.6 Å². The zero-order valence-corrected chi connectivity index (χ0v) is 11.0. The molecule has 0 saturated carbocycles. The summed E-state index contributed by atoms with van der Waals surface area (Å²) in [4.78, 5) is 12.0. The fraction of sp³-hybridized carbons (Fsp3) is 0.188. The Bertz CT molecular complexity index is 624. The number of benzene rings is 2. The minimum Gasteiger partial charge on any atom is -0.496 e. The van der Waals surface area contributed by atoms with Crippen molar-refractivity contribution in [2.75, 3.05) is 7.11 Å². The zero-order chi connectivity index (χ0) is 14.5. The Morgan fingerprint density at radius 1 is 1.05 bits per heavy atom. The van der Waals surface area contributed by atoms with E-state index in [1.165, 1.54) is 7.11 Å². The van der Waals surface area contributed by atoms with Gasteiger partial charge in [-0.3, -0.25) is 4.79 Å². The summed E-state index contributed by atoms with van der Waals surface area (Å²) >= 11 is 0. The van der Waals surface area contributed by atoms with Crippen LogP contribution in [0.1, 0.15) is 11.1 Å². The third-order valence-electron chi connectivity index (χ3n) is 2.98. The predicted octanol–water partition coefficient (Wildman–Crippen LogP) is 3.33. The molecule has 0 saturated heterocycles. The van der Waals surface area contributed by atoms with Crippen molar-refractivity contribution in [2.24, 2.45) is 0 Å². The van der Waals surface area contributed by atoms with Crippen LogP contribution in [0.3, 0.4) is 0 Å². The number of ether oxygens (including phenoxy) is 1. The van der Waals surface area contributed by atoms with Crippen molar-refractivity contribution in [2.45, 2.75) is 12.8 Å². The largest absolute Gasteiger partial charge is 0.496 e. The maximum Gasteiger partial charge on any atom is 0.141 e. The van der Waals surface area contributed by atoms with E-state index >= 15 is 0 Å². The fourth-order valence-electron chi connectivity index (χ4n) is 2.02. The summed E-state index contributed by atoms with van der Waals surface area (Å²) in [5, 5.41) is 0. The maximum absolute atomic E-state index is 13.5. The number of halogens is 2. The summed E-state index contributed by atoms with van der Waals surface area (Å²) in [6.07, 6.45) is -0.0123. The van der Waals surface area contributed by atoms with E-state index in [-0.39, 0.29) is 24.2 Å². The lowest BCUT2D eigenvalue weighted by atomic mass is 10.0. The molecule has 0 unspecified atom stereocenters. The van der Waals surface area contributed by atoms with E-state index < -0.39 is 11.6 Å². The first-order valence-corrected chi connectivity index (χ1v) is 6.17. The molecular formula is C16H14F2O2. The van der Waals surface area contributed by atoms with Gasteiger partial charge in [-0.05, 0) is 29.8 Å². The van der Waals surface area contributed by atoms with E-state index in [2.05, 4.69) is 0 Å². The second-order valence-electron chi connectivity index (χ2n) is 4.44. The minimum absolute atomic E-state index is 0.0740. The summed E-state index contributed by atoms with van der Waals surface area (Å²) in [7, 11) is 1.52. The predicted molar refractivity (Wildman–Crippen MR) is 71.8 cm³/mol. The van der Waals surface area contributed by atoms with Crippen LogP contribution in [0.25, 0.3) is 0 Å². The van der Waals surface area contributed by atoms with Crippen LogP contribution in [0.2, 0.25) is 0 Å². The highest BCUT2D eigenvalue weighted by Gasteiger charge is 2.12. The first-order valence-electron chi connectivity index (χ1n) is 6.17. The lowest BCUT2D eigenvalue weighted by Crippen LogP contribution is -2.09. The third kappa shape index (κ3) is 3.41. The molecule has 2 rings (SSSR count). The SMILES string of the molecule is COc1ccccc1CC(=O)Cc1cc(F)ccc1F. The van der Waals surface area contributed by atoms with Crippen molar-refractivity contribution in [1.29, 1.82) is 0 Å². The van der Waals surface area contributed by atoms with Crippen molar-refractivity contribution >= 4 is 5.78 Å². The van der Waals surface area contributed by atoms with Gasteiger partial charge < -0.3 is 4.74 Å². The van der Waals surface area contributed by atoms with Crippen molar-refractivity contribution < 1.29 is 18.3 Å². The highest BCUT2D eigenvalue weighted by atomic mass is 19.1. The van der Waals surface area contributed by atoms with Gasteiger partial charge in [0.05, 0.1) is 7.11 Å². The topological polar surface area (TPSA) is 26.3 Å². The fourth-order valence-corrected chi connectivity index (χ4v) is 2.02. The molecule has 0 heterocycles. The number of carbonyl (C=O) groups is 1. The van der Waals surface area contributed by atoms with E-state index in [1.807, 2.05) is 0 Å². The van der Waals surface area contributed by atoms with Crippen LogP contribution in [-0.2, 0) is 17.6 Å². The molecule has 2 aromatic rings. The van der Waals surface area contributed by atoms with Crippen LogP contribution < -0.4 is 4.74 Å². The number of Topliss-reactive ketones (excluding diaryl/α,β-unsaturated/α-hetero) is 1. The number of carbonyl (C=O) groups excluding carboxylic acids is 1. The summed E-state index contributed by atoms with van der Waals surface area (Å²) in [6.45, 7) is 0. The van der Waals surface area contributed by atoms with Crippen LogP contribution in [0.4, 0.5) is 8.78 Å². The van der Waals surface area contributed by atoms with Crippen LogP contribution >= 0.6 is 0 Å². The maximum atomic E-state index is 13.5. The number of hydrogen-bond acceptors (Lipinski definition) is 2. The molecule has 0 atom stereocenters. The normalized spacial score (nSPS) is 10.3. The van der Waals surface area contributed by atoms with Gasteiger partial charge >= 0.3 is 0 Å². The molecule has 0 aliphatic heterocycles.